The minimum Gasteiger partial charge on any atom is -0.195 e. The van der Waals surface area contributed by atoms with Crippen LogP contribution in [0.15, 0.2) is 0 Å². The van der Waals surface area contributed by atoms with Gasteiger partial charge in [-0.05, 0) is 19.3 Å². The first-order valence-corrected chi connectivity index (χ1v) is 8.46. The Balaban J connectivity index is 2.66. The molecule has 0 saturated carbocycles. The third-order valence-corrected chi connectivity index (χ3v) is 5.20. The van der Waals surface area contributed by atoms with Crippen molar-refractivity contribution < 1.29 is 8.42 Å². The van der Waals surface area contributed by atoms with Crippen LogP contribution in [0.5, 0.6) is 0 Å². The zero-order valence-electron chi connectivity index (χ0n) is 9.86. The Kier molecular flexibility index (Phi) is 6.25. The van der Waals surface area contributed by atoms with E-state index in [1.54, 1.807) is 8.61 Å². The molecule has 0 amide bonds. The first kappa shape index (κ1) is 14.4. The molecule has 96 valence electrons. The van der Waals surface area contributed by atoms with Crippen LogP contribution in [0.25, 0.3) is 0 Å². The molecule has 1 aliphatic rings. The number of alkyl halides is 1. The largest absolute Gasteiger partial charge is 0.282 e. The Labute approximate surface area is 107 Å². The molecule has 6 heteroatoms. The molecular weight excluding hydrogens is 292 g/mol. The lowest BCUT2D eigenvalue weighted by Gasteiger charge is -2.26. The molecule has 16 heavy (non-hydrogen) atoms. The number of unbranched alkanes of at least 4 members (excludes halogenated alkanes) is 1. The van der Waals surface area contributed by atoms with Crippen LogP contribution >= 0.6 is 15.9 Å². The van der Waals surface area contributed by atoms with Gasteiger partial charge < -0.3 is 0 Å². The molecule has 4 nitrogen and oxygen atoms in total. The molecule has 1 rings (SSSR count). The van der Waals surface area contributed by atoms with E-state index in [0.29, 0.717) is 31.5 Å². The second-order valence-electron chi connectivity index (χ2n) is 4.06. The third kappa shape index (κ3) is 3.68. The fraction of sp³-hybridized carbons (Fsp3) is 1.00. The zero-order chi connectivity index (χ0) is 12.0. The van der Waals surface area contributed by atoms with Gasteiger partial charge in [0, 0.05) is 31.5 Å². The van der Waals surface area contributed by atoms with Crippen molar-refractivity contribution in [1.82, 2.24) is 8.61 Å². The highest BCUT2D eigenvalue weighted by atomic mass is 79.9. The van der Waals surface area contributed by atoms with Gasteiger partial charge in [0.15, 0.2) is 0 Å². The quantitative estimate of drug-likeness (QED) is 0.673. The smallest absolute Gasteiger partial charge is 0.195 e. The van der Waals surface area contributed by atoms with Gasteiger partial charge in [0.25, 0.3) is 10.2 Å². The number of nitrogens with zero attached hydrogens (tertiary/aromatic N) is 2. The van der Waals surface area contributed by atoms with Gasteiger partial charge in [-0.15, -0.1) is 0 Å². The maximum Gasteiger partial charge on any atom is 0.282 e. The average molecular weight is 313 g/mol. The van der Waals surface area contributed by atoms with E-state index in [-0.39, 0.29) is 0 Å². The Morgan fingerprint density at radius 2 is 1.88 bits per heavy atom. The number of hydrogen-bond donors (Lipinski definition) is 0. The van der Waals surface area contributed by atoms with Crippen molar-refractivity contribution in [2.45, 2.75) is 32.6 Å². The summed E-state index contributed by atoms with van der Waals surface area (Å²) >= 11 is 3.32. The summed E-state index contributed by atoms with van der Waals surface area (Å²) < 4.78 is 27.7. The number of halogens is 1. The Morgan fingerprint density at radius 1 is 1.25 bits per heavy atom. The molecule has 0 aliphatic carbocycles. The Hall–Kier alpha value is 0.350. The maximum absolute atomic E-state index is 12.3. The predicted molar refractivity (Wildman–Crippen MR) is 70.0 cm³/mol. The highest BCUT2D eigenvalue weighted by molar-refractivity contribution is 9.09. The third-order valence-electron chi connectivity index (χ3n) is 2.81. The minimum atomic E-state index is -3.20. The average Bonchev–Trinajstić information content (AvgIpc) is 2.77. The topological polar surface area (TPSA) is 40.6 Å². The van der Waals surface area contributed by atoms with Crippen molar-refractivity contribution in [3.8, 4) is 0 Å². The highest BCUT2D eigenvalue weighted by Gasteiger charge is 2.30. The fourth-order valence-electron chi connectivity index (χ4n) is 1.85. The van der Waals surface area contributed by atoms with E-state index in [1.807, 2.05) is 0 Å². The normalized spacial score (nSPS) is 18.4. The lowest BCUT2D eigenvalue weighted by Crippen LogP contribution is -2.43. The molecule has 0 aromatic carbocycles. The van der Waals surface area contributed by atoms with E-state index < -0.39 is 10.2 Å². The van der Waals surface area contributed by atoms with Crippen molar-refractivity contribution in [2.24, 2.45) is 0 Å². The molecule has 0 N–H and O–H groups in total. The summed E-state index contributed by atoms with van der Waals surface area (Å²) in [6, 6.07) is 0. The predicted octanol–water partition coefficient (Wildman–Crippen LogP) is 1.82. The van der Waals surface area contributed by atoms with Gasteiger partial charge in [0.05, 0.1) is 0 Å². The first-order chi connectivity index (χ1) is 7.62. The van der Waals surface area contributed by atoms with Crippen LogP contribution in [0, 0.1) is 0 Å². The van der Waals surface area contributed by atoms with Crippen molar-refractivity contribution in [3.63, 3.8) is 0 Å². The molecule has 0 aromatic heterocycles. The van der Waals surface area contributed by atoms with E-state index >= 15 is 0 Å². The molecule has 1 aliphatic heterocycles. The maximum atomic E-state index is 12.3. The summed E-state index contributed by atoms with van der Waals surface area (Å²) in [6.45, 7) is 4.66. The lowest BCUT2D eigenvalue weighted by atomic mass is 10.3. The van der Waals surface area contributed by atoms with Crippen molar-refractivity contribution >= 4 is 26.1 Å². The van der Waals surface area contributed by atoms with Gasteiger partial charge in [-0.3, -0.25) is 0 Å². The summed E-state index contributed by atoms with van der Waals surface area (Å²) in [7, 11) is -3.20. The van der Waals surface area contributed by atoms with Crippen LogP contribution in [0.4, 0.5) is 0 Å². The standard InChI is InChI=1S/C10H21BrN2O2S/c1-2-3-7-13(10-6-11)16(14,15)12-8-4-5-9-12/h2-10H2,1H3. The molecule has 0 bridgehead atoms. The molecule has 1 fully saturated rings. The highest BCUT2D eigenvalue weighted by Crippen LogP contribution is 2.17. The Morgan fingerprint density at radius 3 is 2.38 bits per heavy atom. The van der Waals surface area contributed by atoms with Gasteiger partial charge in [-0.25, -0.2) is 0 Å². The van der Waals surface area contributed by atoms with Crippen LogP contribution in [-0.4, -0.2) is 48.5 Å². The summed E-state index contributed by atoms with van der Waals surface area (Å²) in [5.74, 6) is 0. The van der Waals surface area contributed by atoms with E-state index in [0.717, 1.165) is 25.7 Å². The van der Waals surface area contributed by atoms with Crippen molar-refractivity contribution in [1.29, 1.82) is 0 Å². The SMILES string of the molecule is CCCCN(CCBr)S(=O)(=O)N1CCCC1. The van der Waals surface area contributed by atoms with Crippen molar-refractivity contribution in [3.05, 3.63) is 0 Å². The summed E-state index contributed by atoms with van der Waals surface area (Å²) in [6.07, 6.45) is 3.94. The van der Waals surface area contributed by atoms with E-state index in [4.69, 9.17) is 0 Å². The van der Waals surface area contributed by atoms with Gasteiger partial charge in [-0.1, -0.05) is 29.3 Å². The number of hydrogen-bond acceptors (Lipinski definition) is 2. The van der Waals surface area contributed by atoms with Crippen LogP contribution in [0.1, 0.15) is 32.6 Å². The zero-order valence-corrected chi connectivity index (χ0v) is 12.3. The Bertz CT molecular complexity index is 289. The fourth-order valence-corrected chi connectivity index (χ4v) is 4.24. The van der Waals surface area contributed by atoms with E-state index in [1.165, 1.54) is 0 Å². The second kappa shape index (κ2) is 6.93. The first-order valence-electron chi connectivity index (χ1n) is 5.94. The molecule has 0 radical (unpaired) electrons. The number of rotatable bonds is 7. The van der Waals surface area contributed by atoms with Crippen LogP contribution < -0.4 is 0 Å². The summed E-state index contributed by atoms with van der Waals surface area (Å²) in [4.78, 5) is 0. The molecule has 0 spiro atoms. The minimum absolute atomic E-state index is 0.568. The summed E-state index contributed by atoms with van der Waals surface area (Å²) in [5, 5.41) is 0.698. The van der Waals surface area contributed by atoms with Gasteiger partial charge in [0.2, 0.25) is 0 Å². The lowest BCUT2D eigenvalue weighted by molar-refractivity contribution is 0.367. The van der Waals surface area contributed by atoms with E-state index in [2.05, 4.69) is 22.9 Å². The van der Waals surface area contributed by atoms with Crippen LogP contribution in [0.3, 0.4) is 0 Å². The van der Waals surface area contributed by atoms with Crippen LogP contribution in [-0.2, 0) is 10.2 Å². The van der Waals surface area contributed by atoms with Crippen molar-refractivity contribution in [2.75, 3.05) is 31.5 Å². The molecule has 1 heterocycles. The molecular formula is C10H21BrN2O2S. The van der Waals surface area contributed by atoms with Crippen LogP contribution in [0.2, 0.25) is 0 Å². The van der Waals surface area contributed by atoms with Gasteiger partial charge in [0.1, 0.15) is 0 Å². The monoisotopic (exact) mass is 312 g/mol. The molecule has 0 atom stereocenters. The molecule has 0 aromatic rings. The van der Waals surface area contributed by atoms with Gasteiger partial charge >= 0.3 is 0 Å². The van der Waals surface area contributed by atoms with E-state index in [9.17, 15) is 8.42 Å². The molecule has 0 unspecified atom stereocenters. The summed E-state index contributed by atoms with van der Waals surface area (Å²) in [5.41, 5.74) is 0. The second-order valence-corrected chi connectivity index (χ2v) is 6.78. The van der Waals surface area contributed by atoms with Gasteiger partial charge in [-0.2, -0.15) is 17.0 Å². The molecule has 1 saturated heterocycles.